The predicted molar refractivity (Wildman–Crippen MR) is 86.7 cm³/mol. The van der Waals surface area contributed by atoms with Crippen LogP contribution in [0.4, 0.5) is 0 Å². The smallest absolute Gasteiger partial charge is 0.337 e. The molecule has 0 amide bonds. The molecule has 24 heavy (non-hydrogen) atoms. The Bertz CT molecular complexity index is 883. The molecule has 0 radical (unpaired) electrons. The first-order chi connectivity index (χ1) is 11.4. The molecule has 0 fully saturated rings. The number of pyridine rings is 1. The quantitative estimate of drug-likeness (QED) is 0.853. The highest BCUT2D eigenvalue weighted by molar-refractivity contribution is 6.02. The number of hydrogen-bond donors (Lipinski definition) is 1. The number of nitrogens with zero attached hydrogens (tertiary/aromatic N) is 1. The number of carbonyl (C=O) groups is 1. The second-order valence-corrected chi connectivity index (χ2v) is 5.66. The van der Waals surface area contributed by atoms with Gasteiger partial charge in [0.25, 0.3) is 5.56 Å². The number of hydrogen-bond acceptors (Lipinski definition) is 6. The van der Waals surface area contributed by atoms with Crippen molar-refractivity contribution in [1.82, 2.24) is 4.98 Å². The summed E-state index contributed by atoms with van der Waals surface area (Å²) in [6, 6.07) is 7.78. The van der Waals surface area contributed by atoms with Crippen LogP contribution in [0.1, 0.15) is 29.8 Å². The van der Waals surface area contributed by atoms with E-state index < -0.39 is 11.7 Å². The Kier molecular flexibility index (Phi) is 3.84. The molecule has 124 valence electrons. The number of ether oxygens (including phenoxy) is 3. The number of esters is 1. The molecule has 1 aliphatic heterocycles. The Labute approximate surface area is 137 Å². The molecule has 1 aromatic carbocycles. The number of benzene rings is 1. The maximum absolute atomic E-state index is 11.7. The van der Waals surface area contributed by atoms with Gasteiger partial charge in [-0.15, -0.1) is 0 Å². The van der Waals surface area contributed by atoms with Gasteiger partial charge in [-0.05, 0) is 38.1 Å². The van der Waals surface area contributed by atoms with Gasteiger partial charge in [0.2, 0.25) is 5.90 Å². The Hall–Kier alpha value is -3.09. The van der Waals surface area contributed by atoms with E-state index in [0.717, 1.165) is 0 Å². The summed E-state index contributed by atoms with van der Waals surface area (Å²) in [5.74, 6) is 0.655. The zero-order chi connectivity index (χ0) is 17.3. The van der Waals surface area contributed by atoms with Crippen LogP contribution in [0.3, 0.4) is 0 Å². The van der Waals surface area contributed by atoms with Gasteiger partial charge < -0.3 is 19.2 Å². The van der Waals surface area contributed by atoms with Crippen LogP contribution < -0.4 is 15.0 Å². The number of fused-ring (bicyclic) bond motifs is 1. The number of aliphatic imine (C=N–C) groups is 1. The summed E-state index contributed by atoms with van der Waals surface area (Å²) in [4.78, 5) is 30.1. The Morgan fingerprint density at radius 3 is 2.75 bits per heavy atom. The first kappa shape index (κ1) is 15.8. The number of methoxy groups -OCH3 is 1. The fourth-order valence-corrected chi connectivity index (χ4v) is 2.31. The number of carbonyl (C=O) groups excluding carboxylic acids is 1. The van der Waals surface area contributed by atoms with Crippen LogP contribution >= 0.6 is 0 Å². The predicted octanol–water partition coefficient (Wildman–Crippen LogP) is 2.12. The largest absolute Gasteiger partial charge is 0.466 e. The van der Waals surface area contributed by atoms with Crippen molar-refractivity contribution in [3.05, 3.63) is 58.0 Å². The van der Waals surface area contributed by atoms with Crippen LogP contribution in [0.5, 0.6) is 11.5 Å². The molecule has 3 rings (SSSR count). The lowest BCUT2D eigenvalue weighted by Crippen LogP contribution is -2.34. The number of rotatable bonds is 2. The summed E-state index contributed by atoms with van der Waals surface area (Å²) in [7, 11) is 1.31. The van der Waals surface area contributed by atoms with Crippen molar-refractivity contribution in [2.45, 2.75) is 19.6 Å². The van der Waals surface area contributed by atoms with Crippen molar-refractivity contribution >= 4 is 11.9 Å². The molecule has 2 aromatic rings. The van der Waals surface area contributed by atoms with E-state index in [-0.39, 0.29) is 11.5 Å². The van der Waals surface area contributed by atoms with Gasteiger partial charge in [-0.25, -0.2) is 9.79 Å². The molecule has 1 aromatic heterocycles. The Morgan fingerprint density at radius 2 is 2.04 bits per heavy atom. The van der Waals surface area contributed by atoms with E-state index in [0.29, 0.717) is 22.6 Å². The molecular weight excluding hydrogens is 312 g/mol. The first-order valence-corrected chi connectivity index (χ1v) is 7.26. The van der Waals surface area contributed by atoms with Gasteiger partial charge in [0, 0.05) is 12.3 Å². The maximum atomic E-state index is 11.7. The van der Waals surface area contributed by atoms with Crippen molar-refractivity contribution in [1.29, 1.82) is 0 Å². The lowest BCUT2D eigenvalue weighted by molar-refractivity contribution is 0.0600. The molecule has 0 saturated carbocycles. The SMILES string of the molecule is COC(=O)c1ccc2c(c1)C(Oc1cc[nH]c(=O)c1)=NC(C)(C)O2. The molecule has 7 nitrogen and oxygen atoms in total. The molecule has 0 bridgehead atoms. The number of H-pyrrole nitrogens is 1. The molecule has 0 aliphatic carbocycles. The van der Waals surface area contributed by atoms with Gasteiger partial charge in [0.05, 0.1) is 18.2 Å². The lowest BCUT2D eigenvalue weighted by Gasteiger charge is -2.29. The second-order valence-electron chi connectivity index (χ2n) is 5.66. The average Bonchev–Trinajstić information content (AvgIpc) is 2.53. The summed E-state index contributed by atoms with van der Waals surface area (Å²) in [5.41, 5.74) is -0.265. The molecule has 0 saturated heterocycles. The minimum Gasteiger partial charge on any atom is -0.466 e. The third-order valence-corrected chi connectivity index (χ3v) is 3.32. The van der Waals surface area contributed by atoms with Gasteiger partial charge >= 0.3 is 5.97 Å². The second kappa shape index (κ2) is 5.84. The summed E-state index contributed by atoms with van der Waals surface area (Å²) in [5, 5.41) is 0. The van der Waals surface area contributed by atoms with Crippen LogP contribution in [0.15, 0.2) is 46.3 Å². The average molecular weight is 328 g/mol. The third kappa shape index (κ3) is 3.15. The van der Waals surface area contributed by atoms with Crippen LogP contribution in [0.25, 0.3) is 0 Å². The molecule has 0 spiro atoms. The maximum Gasteiger partial charge on any atom is 0.337 e. The van der Waals surface area contributed by atoms with E-state index in [1.165, 1.54) is 19.4 Å². The topological polar surface area (TPSA) is 90.0 Å². The highest BCUT2D eigenvalue weighted by Gasteiger charge is 2.30. The van der Waals surface area contributed by atoms with Crippen LogP contribution in [0, 0.1) is 0 Å². The van der Waals surface area contributed by atoms with Gasteiger partial charge in [0.1, 0.15) is 11.5 Å². The van der Waals surface area contributed by atoms with E-state index in [9.17, 15) is 9.59 Å². The van der Waals surface area contributed by atoms with Crippen LogP contribution in [-0.4, -0.2) is 29.7 Å². The normalized spacial score (nSPS) is 14.9. The number of aromatic amines is 1. The van der Waals surface area contributed by atoms with Crippen molar-refractivity contribution in [3.8, 4) is 11.5 Å². The third-order valence-electron chi connectivity index (χ3n) is 3.32. The van der Waals surface area contributed by atoms with E-state index in [1.807, 2.05) is 0 Å². The number of nitrogens with one attached hydrogen (secondary N) is 1. The highest BCUT2D eigenvalue weighted by Crippen LogP contribution is 2.32. The van der Waals surface area contributed by atoms with Crippen molar-refractivity contribution in [2.24, 2.45) is 4.99 Å². The van der Waals surface area contributed by atoms with Gasteiger partial charge in [-0.3, -0.25) is 4.79 Å². The standard InChI is InChI=1S/C17H16N2O5/c1-17(2)19-15(23-11-6-7-18-14(20)9-11)12-8-10(16(21)22-3)4-5-13(12)24-17/h4-9H,1-3H3,(H,18,20). The molecule has 0 unspecified atom stereocenters. The van der Waals surface area contributed by atoms with Crippen LogP contribution in [0.2, 0.25) is 0 Å². The van der Waals surface area contributed by atoms with Gasteiger partial charge in [-0.1, -0.05) is 0 Å². The zero-order valence-corrected chi connectivity index (χ0v) is 13.5. The summed E-state index contributed by atoms with van der Waals surface area (Å²) < 4.78 is 16.3. The monoisotopic (exact) mass is 328 g/mol. The molecular formula is C17H16N2O5. The minimum absolute atomic E-state index is 0.262. The van der Waals surface area contributed by atoms with E-state index in [1.54, 1.807) is 38.1 Å². The van der Waals surface area contributed by atoms with Gasteiger partial charge in [-0.2, -0.15) is 0 Å². The summed E-state index contributed by atoms with van der Waals surface area (Å²) >= 11 is 0. The Balaban J connectivity index is 2.05. The fourth-order valence-electron chi connectivity index (χ4n) is 2.31. The van der Waals surface area contributed by atoms with Crippen LogP contribution in [-0.2, 0) is 4.74 Å². The molecule has 2 heterocycles. The fraction of sp³-hybridized carbons (Fsp3) is 0.235. The summed E-state index contributed by atoms with van der Waals surface area (Å²) in [6.45, 7) is 3.57. The van der Waals surface area contributed by atoms with E-state index in [2.05, 4.69) is 9.98 Å². The minimum atomic E-state index is -0.837. The van der Waals surface area contributed by atoms with Gasteiger partial charge in [0.15, 0.2) is 5.72 Å². The molecule has 1 aliphatic rings. The lowest BCUT2D eigenvalue weighted by atomic mass is 10.1. The van der Waals surface area contributed by atoms with Crippen molar-refractivity contribution in [3.63, 3.8) is 0 Å². The number of aromatic nitrogens is 1. The first-order valence-electron chi connectivity index (χ1n) is 7.26. The molecule has 7 heteroatoms. The molecule has 1 N–H and O–H groups in total. The van der Waals surface area contributed by atoms with E-state index >= 15 is 0 Å². The van der Waals surface area contributed by atoms with Crippen molar-refractivity contribution < 1.29 is 19.0 Å². The van der Waals surface area contributed by atoms with E-state index in [4.69, 9.17) is 14.2 Å². The highest BCUT2D eigenvalue weighted by atomic mass is 16.5. The zero-order valence-electron chi connectivity index (χ0n) is 13.5. The summed E-state index contributed by atoms with van der Waals surface area (Å²) in [6.07, 6.45) is 1.48. The molecule has 0 atom stereocenters. The Morgan fingerprint density at radius 1 is 1.25 bits per heavy atom. The van der Waals surface area contributed by atoms with Crippen molar-refractivity contribution in [2.75, 3.05) is 7.11 Å².